The lowest BCUT2D eigenvalue weighted by Crippen LogP contribution is -2.17. The number of hydrogen-bond donors (Lipinski definition) is 0. The van der Waals surface area contributed by atoms with Crippen LogP contribution in [0.2, 0.25) is 0 Å². The Morgan fingerprint density at radius 2 is 2.00 bits per heavy atom. The summed E-state index contributed by atoms with van der Waals surface area (Å²) < 4.78 is 8.48. The zero-order valence-electron chi connectivity index (χ0n) is 13.9. The van der Waals surface area contributed by atoms with Crippen molar-refractivity contribution in [2.45, 2.75) is 26.3 Å². The summed E-state index contributed by atoms with van der Waals surface area (Å²) in [6.07, 6.45) is 1.31. The predicted octanol–water partition coefficient (Wildman–Crippen LogP) is 3.79. The molecule has 2 aromatic carbocycles. The average molecular weight is 340 g/mol. The molecule has 0 fully saturated rings. The molecular formula is C19H20N2O2S. The molecule has 3 rings (SSSR count). The van der Waals surface area contributed by atoms with Crippen molar-refractivity contribution in [3.8, 4) is 5.75 Å². The van der Waals surface area contributed by atoms with E-state index < -0.39 is 0 Å². The third-order valence-corrected chi connectivity index (χ3v) is 4.80. The van der Waals surface area contributed by atoms with Crippen LogP contribution in [0.15, 0.2) is 53.5 Å². The van der Waals surface area contributed by atoms with Crippen LogP contribution >= 0.6 is 11.3 Å². The van der Waals surface area contributed by atoms with Crippen molar-refractivity contribution >= 4 is 27.5 Å². The Hall–Kier alpha value is -2.40. The molecule has 0 spiro atoms. The largest absolute Gasteiger partial charge is 0.497 e. The summed E-state index contributed by atoms with van der Waals surface area (Å²) in [6, 6.07) is 15.7. The van der Waals surface area contributed by atoms with Gasteiger partial charge in [-0.15, -0.1) is 0 Å². The van der Waals surface area contributed by atoms with E-state index in [1.165, 1.54) is 11.3 Å². The number of aromatic nitrogens is 1. The van der Waals surface area contributed by atoms with Crippen LogP contribution in [0, 0.1) is 0 Å². The molecule has 0 saturated carbocycles. The van der Waals surface area contributed by atoms with E-state index in [2.05, 4.69) is 16.5 Å². The number of thiazole rings is 1. The molecule has 0 saturated heterocycles. The molecule has 24 heavy (non-hydrogen) atoms. The smallest absolute Gasteiger partial charge is 0.252 e. The number of carbonyl (C=O) groups is 1. The fraction of sp³-hybridized carbons (Fsp3) is 0.263. The van der Waals surface area contributed by atoms with Crippen molar-refractivity contribution in [2.75, 3.05) is 7.11 Å². The summed E-state index contributed by atoms with van der Waals surface area (Å²) in [6.45, 7) is 2.96. The minimum atomic E-state index is -0.121. The molecule has 3 aromatic rings. The van der Waals surface area contributed by atoms with Crippen LogP contribution in [0.5, 0.6) is 5.75 Å². The van der Waals surface area contributed by atoms with E-state index in [0.717, 1.165) is 39.3 Å². The van der Waals surface area contributed by atoms with Crippen molar-refractivity contribution in [2.24, 2.45) is 4.99 Å². The Morgan fingerprint density at radius 1 is 1.21 bits per heavy atom. The van der Waals surface area contributed by atoms with Crippen LogP contribution in [0.1, 0.15) is 18.9 Å². The minimum Gasteiger partial charge on any atom is -0.497 e. The first-order valence-electron chi connectivity index (χ1n) is 8.00. The Bertz CT molecular complexity index is 910. The Balaban J connectivity index is 2.00. The van der Waals surface area contributed by atoms with Gasteiger partial charge < -0.3 is 9.30 Å². The molecule has 1 heterocycles. The highest BCUT2D eigenvalue weighted by Gasteiger charge is 2.09. The molecule has 1 aromatic heterocycles. The average Bonchev–Trinajstić information content (AvgIpc) is 2.92. The standard InChI is InChI=1S/C19H20N2O2S/c1-3-11-21-16-10-9-15(23-2)13-17(16)24-19(21)20-18(22)12-14-7-5-4-6-8-14/h4-10,13H,3,11-12H2,1-2H3. The van der Waals surface area contributed by atoms with Gasteiger partial charge in [0.1, 0.15) is 5.75 Å². The first kappa shape index (κ1) is 16.5. The molecule has 5 heteroatoms. The molecule has 0 N–H and O–H groups in total. The van der Waals surface area contributed by atoms with Gasteiger partial charge in [0.25, 0.3) is 5.91 Å². The van der Waals surface area contributed by atoms with Crippen LogP contribution in [-0.2, 0) is 17.8 Å². The number of rotatable bonds is 5. The predicted molar refractivity (Wildman–Crippen MR) is 97.4 cm³/mol. The SMILES string of the molecule is CCCn1c(=NC(=O)Cc2ccccc2)sc2cc(OC)ccc21. The fourth-order valence-electron chi connectivity index (χ4n) is 2.62. The van der Waals surface area contributed by atoms with Crippen LogP contribution < -0.4 is 9.54 Å². The highest BCUT2D eigenvalue weighted by molar-refractivity contribution is 7.16. The summed E-state index contributed by atoms with van der Waals surface area (Å²) >= 11 is 1.53. The third kappa shape index (κ3) is 3.57. The van der Waals surface area contributed by atoms with E-state index in [0.29, 0.717) is 6.42 Å². The molecule has 0 unspecified atom stereocenters. The molecule has 1 amide bonds. The Morgan fingerprint density at radius 3 is 2.71 bits per heavy atom. The van der Waals surface area contributed by atoms with E-state index in [1.54, 1.807) is 7.11 Å². The lowest BCUT2D eigenvalue weighted by Gasteiger charge is -2.03. The van der Waals surface area contributed by atoms with Gasteiger partial charge in [-0.3, -0.25) is 4.79 Å². The second-order valence-electron chi connectivity index (χ2n) is 5.54. The van der Waals surface area contributed by atoms with Crippen LogP contribution in [0.3, 0.4) is 0 Å². The van der Waals surface area contributed by atoms with Gasteiger partial charge in [0.15, 0.2) is 4.80 Å². The number of amides is 1. The van der Waals surface area contributed by atoms with E-state index in [1.807, 2.05) is 48.5 Å². The molecule has 4 nitrogen and oxygen atoms in total. The van der Waals surface area contributed by atoms with Crippen LogP contribution in [0.25, 0.3) is 10.2 Å². The third-order valence-electron chi connectivity index (χ3n) is 3.76. The lowest BCUT2D eigenvalue weighted by atomic mass is 10.1. The number of aryl methyl sites for hydroxylation is 1. The molecule has 0 bridgehead atoms. The van der Waals surface area contributed by atoms with Crippen molar-refractivity contribution in [1.82, 2.24) is 4.57 Å². The number of carbonyl (C=O) groups excluding carboxylic acids is 1. The maximum atomic E-state index is 12.3. The van der Waals surface area contributed by atoms with Crippen molar-refractivity contribution in [3.63, 3.8) is 0 Å². The zero-order chi connectivity index (χ0) is 16.9. The first-order valence-corrected chi connectivity index (χ1v) is 8.81. The zero-order valence-corrected chi connectivity index (χ0v) is 14.7. The van der Waals surface area contributed by atoms with Crippen LogP contribution in [-0.4, -0.2) is 17.6 Å². The van der Waals surface area contributed by atoms with Gasteiger partial charge >= 0.3 is 0 Å². The highest BCUT2D eigenvalue weighted by Crippen LogP contribution is 2.23. The Kier molecular flexibility index (Phi) is 5.11. The maximum Gasteiger partial charge on any atom is 0.252 e. The van der Waals surface area contributed by atoms with Crippen molar-refractivity contribution in [3.05, 3.63) is 58.9 Å². The summed E-state index contributed by atoms with van der Waals surface area (Å²) in [7, 11) is 1.66. The van der Waals surface area contributed by atoms with Crippen molar-refractivity contribution < 1.29 is 9.53 Å². The van der Waals surface area contributed by atoms with Gasteiger partial charge in [-0.25, -0.2) is 0 Å². The van der Waals surface area contributed by atoms with Gasteiger partial charge in [-0.2, -0.15) is 4.99 Å². The molecular weight excluding hydrogens is 320 g/mol. The van der Waals surface area contributed by atoms with Gasteiger partial charge in [-0.05, 0) is 30.2 Å². The molecule has 0 aliphatic rings. The minimum absolute atomic E-state index is 0.121. The number of fused-ring (bicyclic) bond motifs is 1. The topological polar surface area (TPSA) is 43.6 Å². The van der Waals surface area contributed by atoms with Gasteiger partial charge in [0.2, 0.25) is 0 Å². The molecule has 0 aliphatic heterocycles. The molecule has 124 valence electrons. The quantitative estimate of drug-likeness (QED) is 0.709. The lowest BCUT2D eigenvalue weighted by molar-refractivity contribution is -0.117. The molecule has 0 atom stereocenters. The monoisotopic (exact) mass is 340 g/mol. The molecule has 0 aliphatic carbocycles. The van der Waals surface area contributed by atoms with Gasteiger partial charge in [0, 0.05) is 6.54 Å². The fourth-order valence-corrected chi connectivity index (χ4v) is 3.72. The summed E-state index contributed by atoms with van der Waals surface area (Å²) in [5.41, 5.74) is 2.07. The van der Waals surface area contributed by atoms with E-state index in [9.17, 15) is 4.79 Å². The van der Waals surface area contributed by atoms with E-state index >= 15 is 0 Å². The number of methoxy groups -OCH3 is 1. The second-order valence-corrected chi connectivity index (χ2v) is 6.55. The summed E-state index contributed by atoms with van der Waals surface area (Å²) in [5, 5.41) is 0. The number of hydrogen-bond acceptors (Lipinski definition) is 3. The first-order chi connectivity index (χ1) is 11.7. The molecule has 0 radical (unpaired) electrons. The van der Waals surface area contributed by atoms with E-state index in [-0.39, 0.29) is 5.91 Å². The number of benzene rings is 2. The van der Waals surface area contributed by atoms with Crippen molar-refractivity contribution in [1.29, 1.82) is 0 Å². The second kappa shape index (κ2) is 7.45. The van der Waals surface area contributed by atoms with Crippen LogP contribution in [0.4, 0.5) is 0 Å². The maximum absolute atomic E-state index is 12.3. The highest BCUT2D eigenvalue weighted by atomic mass is 32.1. The summed E-state index contributed by atoms with van der Waals surface area (Å²) in [4.78, 5) is 17.5. The van der Waals surface area contributed by atoms with E-state index in [4.69, 9.17) is 4.74 Å². The van der Waals surface area contributed by atoms with Gasteiger partial charge in [0.05, 0.1) is 23.7 Å². The summed E-state index contributed by atoms with van der Waals surface area (Å²) in [5.74, 6) is 0.694. The van der Waals surface area contributed by atoms with Gasteiger partial charge in [-0.1, -0.05) is 48.6 Å². The number of nitrogens with zero attached hydrogens (tertiary/aromatic N) is 2. The normalized spacial score (nSPS) is 11.8. The Labute approximate surface area is 145 Å². The number of ether oxygens (including phenoxy) is 1.